The number of carbonyl (C=O) groups excluding carboxylic acids is 1. The molecule has 0 radical (unpaired) electrons. The lowest BCUT2D eigenvalue weighted by molar-refractivity contribution is 0.0909. The maximum absolute atomic E-state index is 13.0. The number of benzene rings is 2. The Bertz CT molecular complexity index is 1120. The second-order valence-electron chi connectivity index (χ2n) is 7.06. The van der Waals surface area contributed by atoms with Gasteiger partial charge in [-0.05, 0) is 49.7 Å². The lowest BCUT2D eigenvalue weighted by atomic mass is 10.2. The molecule has 0 aliphatic rings. The fourth-order valence-corrected chi connectivity index (χ4v) is 4.33. The molecule has 170 valence electrons. The third-order valence-corrected chi connectivity index (χ3v) is 6.55. The van der Waals surface area contributed by atoms with E-state index in [1.807, 2.05) is 30.3 Å². The molecule has 0 bridgehead atoms. The van der Waals surface area contributed by atoms with E-state index in [2.05, 4.69) is 27.3 Å². The molecular formula is C22H25FN4O4S. The van der Waals surface area contributed by atoms with Crippen molar-refractivity contribution >= 4 is 21.4 Å². The molecular weight excluding hydrogens is 435 g/mol. The van der Waals surface area contributed by atoms with Crippen LogP contribution in [-0.4, -0.2) is 49.9 Å². The Morgan fingerprint density at radius 2 is 1.84 bits per heavy atom. The molecule has 0 fully saturated rings. The van der Waals surface area contributed by atoms with Crippen LogP contribution in [0, 0.1) is 5.82 Å². The average Bonchev–Trinajstić information content (AvgIpc) is 3.28. The Kier molecular flexibility index (Phi) is 7.93. The Hall–Kier alpha value is -3.27. The minimum Gasteiger partial charge on any atom is -0.372 e. The van der Waals surface area contributed by atoms with Gasteiger partial charge in [0, 0.05) is 31.7 Å². The van der Waals surface area contributed by atoms with Crippen molar-refractivity contribution in [1.29, 1.82) is 0 Å². The van der Waals surface area contributed by atoms with Crippen LogP contribution in [-0.2, 0) is 16.3 Å². The van der Waals surface area contributed by atoms with E-state index in [0.29, 0.717) is 6.54 Å². The smallest absolute Gasteiger partial charge is 0.315 e. The fraction of sp³-hybridized carbons (Fsp3) is 0.318. The molecule has 0 aliphatic heterocycles. The van der Waals surface area contributed by atoms with Crippen molar-refractivity contribution in [1.82, 2.24) is 15.5 Å². The Balaban J connectivity index is 1.45. The number of nitrogens with zero attached hydrogens (tertiary/aromatic N) is 3. The van der Waals surface area contributed by atoms with E-state index in [1.165, 1.54) is 12.1 Å². The zero-order valence-corrected chi connectivity index (χ0v) is 18.5. The summed E-state index contributed by atoms with van der Waals surface area (Å²) in [6, 6.07) is 14.6. The number of nitrogens with one attached hydrogen (secondary N) is 1. The van der Waals surface area contributed by atoms with Crippen LogP contribution < -0.4 is 10.2 Å². The molecule has 1 heterocycles. The number of carbonyl (C=O) groups is 1. The molecule has 0 unspecified atom stereocenters. The first-order valence-corrected chi connectivity index (χ1v) is 11.9. The van der Waals surface area contributed by atoms with Crippen LogP contribution in [0.2, 0.25) is 0 Å². The standard InChI is InChI=1S/C22H25FN4O4S/c1-2-27(18-7-4-3-5-8-18)15-6-14-24-21(28)22-25-20(26-31-22)13-16-32(29,30)19-11-9-17(23)10-12-19/h3-5,7-12H,2,6,13-16H2,1H3,(H,24,28). The van der Waals surface area contributed by atoms with Crippen LogP contribution in [0.4, 0.5) is 10.1 Å². The van der Waals surface area contributed by atoms with Crippen LogP contribution in [0.15, 0.2) is 64.0 Å². The second kappa shape index (κ2) is 10.9. The van der Waals surface area contributed by atoms with E-state index in [4.69, 9.17) is 4.52 Å². The van der Waals surface area contributed by atoms with E-state index in [9.17, 15) is 17.6 Å². The van der Waals surface area contributed by atoms with Crippen LogP contribution in [0.5, 0.6) is 0 Å². The second-order valence-corrected chi connectivity index (χ2v) is 9.17. The fourth-order valence-electron chi connectivity index (χ4n) is 3.09. The average molecular weight is 461 g/mol. The van der Waals surface area contributed by atoms with Crippen LogP contribution >= 0.6 is 0 Å². The van der Waals surface area contributed by atoms with Gasteiger partial charge >= 0.3 is 11.8 Å². The van der Waals surface area contributed by atoms with Crippen molar-refractivity contribution in [3.8, 4) is 0 Å². The van der Waals surface area contributed by atoms with E-state index in [-0.39, 0.29) is 28.8 Å². The van der Waals surface area contributed by atoms with Gasteiger partial charge in [-0.1, -0.05) is 23.4 Å². The molecule has 0 saturated heterocycles. The Morgan fingerprint density at radius 3 is 2.53 bits per heavy atom. The number of aryl methyl sites for hydroxylation is 1. The Morgan fingerprint density at radius 1 is 1.12 bits per heavy atom. The van der Waals surface area contributed by atoms with Crippen molar-refractivity contribution in [3.63, 3.8) is 0 Å². The number of para-hydroxylation sites is 1. The summed E-state index contributed by atoms with van der Waals surface area (Å²) >= 11 is 0. The highest BCUT2D eigenvalue weighted by molar-refractivity contribution is 7.91. The number of hydrogen-bond donors (Lipinski definition) is 1. The molecule has 32 heavy (non-hydrogen) atoms. The van der Waals surface area contributed by atoms with Crippen molar-refractivity contribution in [2.24, 2.45) is 0 Å². The summed E-state index contributed by atoms with van der Waals surface area (Å²) in [5, 5.41) is 6.41. The van der Waals surface area contributed by atoms with Crippen molar-refractivity contribution in [2.45, 2.75) is 24.7 Å². The predicted molar refractivity (Wildman–Crippen MR) is 118 cm³/mol. The minimum absolute atomic E-state index is 0.0111. The number of aromatic nitrogens is 2. The zero-order valence-electron chi connectivity index (χ0n) is 17.7. The highest BCUT2D eigenvalue weighted by Crippen LogP contribution is 2.14. The normalized spacial score (nSPS) is 11.3. The predicted octanol–water partition coefficient (Wildman–Crippen LogP) is 2.87. The van der Waals surface area contributed by atoms with Gasteiger partial charge in [-0.25, -0.2) is 12.8 Å². The molecule has 1 N–H and O–H groups in total. The van der Waals surface area contributed by atoms with Gasteiger partial charge < -0.3 is 14.7 Å². The van der Waals surface area contributed by atoms with Crippen LogP contribution in [0.1, 0.15) is 29.9 Å². The molecule has 1 amide bonds. The van der Waals surface area contributed by atoms with Crippen molar-refractivity contribution in [2.75, 3.05) is 30.3 Å². The highest BCUT2D eigenvalue weighted by Gasteiger charge is 2.19. The number of halogens is 1. The lowest BCUT2D eigenvalue weighted by Gasteiger charge is -2.22. The quantitative estimate of drug-likeness (QED) is 0.346. The largest absolute Gasteiger partial charge is 0.372 e. The van der Waals surface area contributed by atoms with Crippen LogP contribution in [0.3, 0.4) is 0 Å². The van der Waals surface area contributed by atoms with Gasteiger partial charge in [-0.3, -0.25) is 4.79 Å². The van der Waals surface area contributed by atoms with E-state index in [1.54, 1.807) is 0 Å². The third-order valence-electron chi connectivity index (χ3n) is 4.82. The van der Waals surface area contributed by atoms with Gasteiger partial charge in [0.25, 0.3) is 0 Å². The molecule has 3 rings (SSSR count). The molecule has 8 nitrogen and oxygen atoms in total. The summed E-state index contributed by atoms with van der Waals surface area (Å²) in [6.45, 7) is 4.13. The Labute approximate surface area is 186 Å². The molecule has 0 atom stereocenters. The van der Waals surface area contributed by atoms with Crippen molar-refractivity contribution in [3.05, 3.63) is 72.1 Å². The third kappa shape index (κ3) is 6.36. The lowest BCUT2D eigenvalue weighted by Crippen LogP contribution is -2.30. The first-order valence-electron chi connectivity index (χ1n) is 10.3. The van der Waals surface area contributed by atoms with E-state index in [0.717, 1.165) is 37.3 Å². The van der Waals surface area contributed by atoms with Gasteiger partial charge in [0.1, 0.15) is 5.82 Å². The number of rotatable bonds is 11. The monoisotopic (exact) mass is 460 g/mol. The van der Waals surface area contributed by atoms with Gasteiger partial charge in [0.2, 0.25) is 0 Å². The molecule has 0 spiro atoms. The molecule has 1 aromatic heterocycles. The summed E-state index contributed by atoms with van der Waals surface area (Å²) in [7, 11) is -3.63. The van der Waals surface area contributed by atoms with Gasteiger partial charge in [0.05, 0.1) is 10.6 Å². The number of anilines is 1. The first kappa shape index (κ1) is 23.4. The van der Waals surface area contributed by atoms with Gasteiger partial charge in [-0.15, -0.1) is 0 Å². The van der Waals surface area contributed by atoms with Crippen molar-refractivity contribution < 1.29 is 22.1 Å². The minimum atomic E-state index is -3.63. The van der Waals surface area contributed by atoms with Gasteiger partial charge in [0.15, 0.2) is 15.7 Å². The van der Waals surface area contributed by atoms with E-state index < -0.39 is 21.6 Å². The maximum Gasteiger partial charge on any atom is 0.315 e. The summed E-state index contributed by atoms with van der Waals surface area (Å²) in [6.07, 6.45) is 0.699. The molecule has 0 aliphatic carbocycles. The number of amides is 1. The summed E-state index contributed by atoms with van der Waals surface area (Å²) in [5.41, 5.74) is 1.12. The maximum atomic E-state index is 13.0. The van der Waals surface area contributed by atoms with Crippen LogP contribution in [0.25, 0.3) is 0 Å². The number of sulfone groups is 1. The summed E-state index contributed by atoms with van der Waals surface area (Å²) in [4.78, 5) is 18.4. The zero-order chi connectivity index (χ0) is 23.0. The molecule has 0 saturated carbocycles. The summed E-state index contributed by atoms with van der Waals surface area (Å²) in [5.74, 6) is -1.41. The van der Waals surface area contributed by atoms with Gasteiger partial charge in [-0.2, -0.15) is 4.98 Å². The molecule has 3 aromatic rings. The molecule has 2 aromatic carbocycles. The van der Waals surface area contributed by atoms with E-state index >= 15 is 0 Å². The first-order chi connectivity index (χ1) is 15.4. The summed E-state index contributed by atoms with van der Waals surface area (Å²) < 4.78 is 42.6. The highest BCUT2D eigenvalue weighted by atomic mass is 32.2. The number of hydrogen-bond acceptors (Lipinski definition) is 7. The SMILES string of the molecule is CCN(CCCNC(=O)c1nc(CCS(=O)(=O)c2ccc(F)cc2)no1)c1ccccc1. The topological polar surface area (TPSA) is 105 Å². The molecule has 10 heteroatoms.